The zero-order valence-corrected chi connectivity index (χ0v) is 20.7. The number of nitrogens with zero attached hydrogens (tertiary/aromatic N) is 2. The lowest BCUT2D eigenvalue weighted by molar-refractivity contribution is 0.0947. The lowest BCUT2D eigenvalue weighted by Crippen LogP contribution is -2.31. The highest BCUT2D eigenvalue weighted by Crippen LogP contribution is 2.42. The van der Waals surface area contributed by atoms with E-state index in [1.807, 2.05) is 73.0 Å². The van der Waals surface area contributed by atoms with E-state index >= 15 is 0 Å². The molecule has 1 aliphatic heterocycles. The zero-order valence-electron chi connectivity index (χ0n) is 19.1. The molecule has 7 heteroatoms. The third-order valence-corrected chi connectivity index (χ3v) is 7.65. The summed E-state index contributed by atoms with van der Waals surface area (Å²) in [6.45, 7) is 0.796. The number of pyridine rings is 1. The molecule has 0 aliphatic carbocycles. The van der Waals surface area contributed by atoms with Crippen molar-refractivity contribution in [2.24, 2.45) is 0 Å². The first-order chi connectivity index (χ1) is 17.1. The average Bonchev–Trinajstić information content (AvgIpc) is 3.02. The van der Waals surface area contributed by atoms with Gasteiger partial charge in [0, 0.05) is 39.2 Å². The fraction of sp³-hybridized carbons (Fsp3) is 0.107. The minimum absolute atomic E-state index is 0.0753. The standard InChI is InChI=1S/C28H23N3O2S2/c1-34-22-11-8-19(9-12-22)18-31-24-15-21(27(32)30-17-20-5-4-14-29-16-20)10-13-26(24)35-25-7-3-2-6-23(25)28(31)33/h2-16H,17-18H2,1H3,(H,30,32). The molecule has 0 fully saturated rings. The van der Waals surface area contributed by atoms with Gasteiger partial charge in [-0.2, -0.15) is 0 Å². The number of hydrogen-bond donors (Lipinski definition) is 1. The number of rotatable bonds is 6. The van der Waals surface area contributed by atoms with Gasteiger partial charge in [0.2, 0.25) is 0 Å². The van der Waals surface area contributed by atoms with Crippen molar-refractivity contribution in [3.05, 3.63) is 114 Å². The molecule has 1 aliphatic rings. The average molecular weight is 498 g/mol. The molecule has 1 aromatic heterocycles. The van der Waals surface area contributed by atoms with Crippen LogP contribution in [0.4, 0.5) is 5.69 Å². The van der Waals surface area contributed by atoms with E-state index in [2.05, 4.69) is 22.4 Å². The Morgan fingerprint density at radius 3 is 2.57 bits per heavy atom. The SMILES string of the molecule is CSc1ccc(CN2C(=O)c3ccccc3Sc3ccc(C(=O)NCc4cccnc4)cc32)cc1. The molecule has 3 aromatic carbocycles. The molecule has 5 nitrogen and oxygen atoms in total. The van der Waals surface area contributed by atoms with Gasteiger partial charge in [0.1, 0.15) is 0 Å². The van der Waals surface area contributed by atoms with Crippen LogP contribution in [-0.4, -0.2) is 23.1 Å². The quantitative estimate of drug-likeness (QED) is 0.329. The minimum atomic E-state index is -0.194. The van der Waals surface area contributed by atoms with E-state index in [-0.39, 0.29) is 11.8 Å². The second-order valence-electron chi connectivity index (χ2n) is 8.06. The number of hydrogen-bond acceptors (Lipinski definition) is 5. The van der Waals surface area contributed by atoms with Crippen molar-refractivity contribution >= 4 is 41.0 Å². The lowest BCUT2D eigenvalue weighted by Gasteiger charge is -2.24. The molecule has 1 N–H and O–H groups in total. The van der Waals surface area contributed by atoms with E-state index in [1.54, 1.807) is 40.8 Å². The topological polar surface area (TPSA) is 62.3 Å². The van der Waals surface area contributed by atoms with Crippen LogP contribution >= 0.6 is 23.5 Å². The van der Waals surface area contributed by atoms with Crippen molar-refractivity contribution in [2.75, 3.05) is 11.2 Å². The number of benzene rings is 3. The fourth-order valence-electron chi connectivity index (χ4n) is 3.92. The number of nitrogens with one attached hydrogen (secondary N) is 1. The summed E-state index contributed by atoms with van der Waals surface area (Å²) in [4.78, 5) is 35.6. The van der Waals surface area contributed by atoms with E-state index < -0.39 is 0 Å². The summed E-state index contributed by atoms with van der Waals surface area (Å²) < 4.78 is 0. The highest BCUT2D eigenvalue weighted by molar-refractivity contribution is 7.99. The molecule has 0 saturated carbocycles. The first-order valence-electron chi connectivity index (χ1n) is 11.2. The summed E-state index contributed by atoms with van der Waals surface area (Å²) in [7, 11) is 0. The fourth-order valence-corrected chi connectivity index (χ4v) is 5.39. The van der Waals surface area contributed by atoms with Crippen molar-refractivity contribution in [3.63, 3.8) is 0 Å². The van der Waals surface area contributed by atoms with E-state index in [0.717, 1.165) is 26.6 Å². The Hall–Kier alpha value is -3.55. The van der Waals surface area contributed by atoms with Gasteiger partial charge < -0.3 is 10.2 Å². The molecule has 2 amide bonds. The number of carbonyl (C=O) groups is 2. The van der Waals surface area contributed by atoms with Gasteiger partial charge in [-0.05, 0) is 65.9 Å². The molecule has 0 radical (unpaired) electrons. The van der Waals surface area contributed by atoms with Gasteiger partial charge in [0.15, 0.2) is 0 Å². The van der Waals surface area contributed by atoms with Crippen LogP contribution in [0.25, 0.3) is 0 Å². The number of carbonyl (C=O) groups excluding carboxylic acids is 2. The molecule has 0 unspecified atom stereocenters. The maximum atomic E-state index is 13.7. The molecule has 4 aromatic rings. The van der Waals surface area contributed by atoms with E-state index in [9.17, 15) is 9.59 Å². The van der Waals surface area contributed by atoms with Gasteiger partial charge in [-0.1, -0.05) is 42.1 Å². The highest BCUT2D eigenvalue weighted by atomic mass is 32.2. The Bertz CT molecular complexity index is 1370. The van der Waals surface area contributed by atoms with Crippen molar-refractivity contribution in [1.29, 1.82) is 0 Å². The molecule has 35 heavy (non-hydrogen) atoms. The number of thioether (sulfide) groups is 1. The molecule has 174 valence electrons. The van der Waals surface area contributed by atoms with Gasteiger partial charge in [-0.3, -0.25) is 14.6 Å². The number of anilines is 1. The molecule has 2 heterocycles. The van der Waals surface area contributed by atoms with Gasteiger partial charge in [0.05, 0.1) is 17.8 Å². The van der Waals surface area contributed by atoms with Gasteiger partial charge >= 0.3 is 0 Å². The van der Waals surface area contributed by atoms with Crippen molar-refractivity contribution in [3.8, 4) is 0 Å². The first kappa shape index (κ1) is 23.2. The number of amides is 2. The normalized spacial score (nSPS) is 12.5. The van der Waals surface area contributed by atoms with Gasteiger partial charge in [-0.25, -0.2) is 0 Å². The summed E-state index contributed by atoms with van der Waals surface area (Å²) >= 11 is 3.23. The smallest absolute Gasteiger partial charge is 0.259 e. The summed E-state index contributed by atoms with van der Waals surface area (Å²) in [6, 6.07) is 25.2. The molecule has 0 atom stereocenters. The van der Waals surface area contributed by atoms with Crippen LogP contribution in [-0.2, 0) is 13.1 Å². The number of aromatic nitrogens is 1. The zero-order chi connectivity index (χ0) is 24.2. The molecule has 0 spiro atoms. The van der Waals surface area contributed by atoms with Crippen LogP contribution in [0.15, 0.2) is 106 Å². The Kier molecular flexibility index (Phi) is 6.88. The van der Waals surface area contributed by atoms with Gasteiger partial charge in [0.25, 0.3) is 11.8 Å². The van der Waals surface area contributed by atoms with E-state index in [4.69, 9.17) is 0 Å². The largest absolute Gasteiger partial charge is 0.348 e. The van der Waals surface area contributed by atoms with E-state index in [0.29, 0.717) is 24.2 Å². The second-order valence-corrected chi connectivity index (χ2v) is 10.0. The van der Waals surface area contributed by atoms with Crippen molar-refractivity contribution in [1.82, 2.24) is 10.3 Å². The summed E-state index contributed by atoms with van der Waals surface area (Å²) in [5.74, 6) is -0.270. The first-order valence-corrected chi connectivity index (χ1v) is 13.2. The molecule has 0 saturated heterocycles. The van der Waals surface area contributed by atoms with Crippen LogP contribution in [0.1, 0.15) is 31.8 Å². The molecule has 0 bridgehead atoms. The summed E-state index contributed by atoms with van der Waals surface area (Å²) in [5, 5.41) is 2.95. The van der Waals surface area contributed by atoms with Crippen LogP contribution in [0, 0.1) is 0 Å². The van der Waals surface area contributed by atoms with E-state index in [1.165, 1.54) is 4.90 Å². The Labute approximate surface area is 213 Å². The second kappa shape index (κ2) is 10.4. The molecule has 5 rings (SSSR count). The molecular formula is C28H23N3O2S2. The van der Waals surface area contributed by atoms with Crippen molar-refractivity contribution < 1.29 is 9.59 Å². The highest BCUT2D eigenvalue weighted by Gasteiger charge is 2.28. The monoisotopic (exact) mass is 497 g/mol. The predicted molar refractivity (Wildman–Crippen MR) is 141 cm³/mol. The third kappa shape index (κ3) is 5.11. The maximum Gasteiger partial charge on any atom is 0.259 e. The van der Waals surface area contributed by atoms with Gasteiger partial charge in [-0.15, -0.1) is 11.8 Å². The lowest BCUT2D eigenvalue weighted by atomic mass is 10.1. The summed E-state index contributed by atoms with van der Waals surface area (Å²) in [6.07, 6.45) is 5.47. The van der Waals surface area contributed by atoms with Crippen LogP contribution in [0.5, 0.6) is 0 Å². The number of fused-ring (bicyclic) bond motifs is 2. The maximum absolute atomic E-state index is 13.7. The van der Waals surface area contributed by atoms with Crippen molar-refractivity contribution in [2.45, 2.75) is 27.8 Å². The predicted octanol–water partition coefficient (Wildman–Crippen LogP) is 6.05. The third-order valence-electron chi connectivity index (χ3n) is 5.77. The van der Waals surface area contributed by atoms with Crippen LogP contribution in [0.2, 0.25) is 0 Å². The molecular weight excluding hydrogens is 474 g/mol. The Balaban J connectivity index is 1.49. The van der Waals surface area contributed by atoms with Crippen LogP contribution in [0.3, 0.4) is 0 Å². The Morgan fingerprint density at radius 2 is 1.80 bits per heavy atom. The Morgan fingerprint density at radius 1 is 0.971 bits per heavy atom. The van der Waals surface area contributed by atoms with Crippen LogP contribution < -0.4 is 10.2 Å². The summed E-state index contributed by atoms with van der Waals surface area (Å²) in [5.41, 5.74) is 3.86. The minimum Gasteiger partial charge on any atom is -0.348 e.